The van der Waals surface area contributed by atoms with Crippen LogP contribution in [0.5, 0.6) is 0 Å². The Labute approximate surface area is 287 Å². The third-order valence-electron chi connectivity index (χ3n) is 10.4. The normalized spacial score (nSPS) is 12.0. The molecule has 0 saturated carbocycles. The van der Waals surface area contributed by atoms with E-state index in [1.807, 2.05) is 0 Å². The average molecular weight is 636 g/mol. The Bertz CT molecular complexity index is 3100. The van der Waals surface area contributed by atoms with Gasteiger partial charge in [-0.15, -0.1) is 0 Å². The van der Waals surface area contributed by atoms with Gasteiger partial charge in [-0.1, -0.05) is 121 Å². The molecule has 0 amide bonds. The molecule has 2 aromatic heterocycles. The van der Waals surface area contributed by atoms with E-state index in [2.05, 4.69) is 185 Å². The molecule has 0 spiro atoms. The minimum atomic E-state index is 0.942. The van der Waals surface area contributed by atoms with Gasteiger partial charge in [-0.2, -0.15) is 0 Å². The number of benzene rings is 9. The summed E-state index contributed by atoms with van der Waals surface area (Å²) in [6, 6.07) is 63.7. The van der Waals surface area contributed by atoms with Gasteiger partial charge >= 0.3 is 0 Å². The van der Waals surface area contributed by atoms with Crippen molar-refractivity contribution in [3.05, 3.63) is 176 Å². The van der Waals surface area contributed by atoms with Crippen LogP contribution in [0.1, 0.15) is 0 Å². The Morgan fingerprint density at radius 3 is 1.60 bits per heavy atom. The molecule has 0 bridgehead atoms. The fourth-order valence-electron chi connectivity index (χ4n) is 8.22. The number of aromatic nitrogens is 3. The van der Waals surface area contributed by atoms with Crippen LogP contribution in [-0.4, -0.2) is 14.1 Å². The van der Waals surface area contributed by atoms with Crippen molar-refractivity contribution in [3.8, 4) is 22.8 Å². The van der Waals surface area contributed by atoms with Crippen molar-refractivity contribution >= 4 is 75.9 Å². The maximum absolute atomic E-state index is 5.26. The second-order valence-corrected chi connectivity index (χ2v) is 13.2. The molecule has 11 aromatic rings. The number of hydrogen-bond donors (Lipinski definition) is 0. The molecule has 50 heavy (non-hydrogen) atoms. The first-order valence-electron chi connectivity index (χ1n) is 17.1. The van der Waals surface area contributed by atoms with Crippen LogP contribution < -0.4 is 0 Å². The van der Waals surface area contributed by atoms with Crippen LogP contribution in [0.4, 0.5) is 0 Å². The lowest BCUT2D eigenvalue weighted by Gasteiger charge is -2.14. The molecule has 11 rings (SSSR count). The minimum Gasteiger partial charge on any atom is -0.309 e. The fraction of sp³-hybridized carbons (Fsp3) is 0. The summed E-state index contributed by atoms with van der Waals surface area (Å²) in [4.78, 5) is 5.26. The molecule has 0 fully saturated rings. The maximum Gasteiger partial charge on any atom is 0.145 e. The van der Waals surface area contributed by atoms with Crippen LogP contribution in [0, 0.1) is 0 Å². The van der Waals surface area contributed by atoms with Gasteiger partial charge in [0.05, 0.1) is 22.1 Å². The van der Waals surface area contributed by atoms with E-state index >= 15 is 0 Å². The zero-order valence-corrected chi connectivity index (χ0v) is 27.1. The predicted octanol–water partition coefficient (Wildman–Crippen LogP) is 12.4. The van der Waals surface area contributed by atoms with Gasteiger partial charge in [-0.05, 0) is 97.7 Å². The lowest BCUT2D eigenvalue weighted by molar-refractivity contribution is 1.10. The molecule has 0 radical (unpaired) electrons. The van der Waals surface area contributed by atoms with Gasteiger partial charge in [0, 0.05) is 27.7 Å². The number of hydrogen-bond acceptors (Lipinski definition) is 1. The SMILES string of the molecule is c1ccc(-c2nc3cc4cc5c(cc4cc3n2-c2ccccc2)c2ccccc2n5-c2ccc3c4ccccc4c4ccccc4c3c2)cc1. The standard InChI is InChI=1S/C47H29N3/c1-3-13-30(14-4-1)47-48-43-26-32-27-45-42(25-31(32)28-46(43)50(47)33-15-5-2-6-16-33)40-21-11-12-22-44(40)49(45)34-23-24-39-37-19-8-7-17-35(37)36-18-9-10-20-38(36)41(39)29-34/h1-29H. The first kappa shape index (κ1) is 27.3. The molecule has 0 atom stereocenters. The number of nitrogens with zero attached hydrogens (tertiary/aromatic N) is 3. The second-order valence-electron chi connectivity index (χ2n) is 13.2. The molecule has 0 unspecified atom stereocenters. The highest BCUT2D eigenvalue weighted by Gasteiger charge is 2.18. The minimum absolute atomic E-state index is 0.942. The van der Waals surface area contributed by atoms with Crippen LogP contribution in [0.3, 0.4) is 0 Å². The van der Waals surface area contributed by atoms with E-state index in [1.165, 1.54) is 64.9 Å². The zero-order valence-electron chi connectivity index (χ0n) is 27.1. The first-order chi connectivity index (χ1) is 24.8. The largest absolute Gasteiger partial charge is 0.309 e. The molecule has 2 heterocycles. The zero-order chi connectivity index (χ0) is 32.8. The van der Waals surface area contributed by atoms with Crippen LogP contribution in [-0.2, 0) is 0 Å². The van der Waals surface area contributed by atoms with Gasteiger partial charge < -0.3 is 4.57 Å². The molecule has 0 aliphatic carbocycles. The predicted molar refractivity (Wildman–Crippen MR) is 211 cm³/mol. The molecular formula is C47H29N3. The van der Waals surface area contributed by atoms with Crippen LogP contribution in [0.15, 0.2) is 176 Å². The fourth-order valence-corrected chi connectivity index (χ4v) is 8.22. The number of rotatable bonds is 3. The maximum atomic E-state index is 5.26. The summed E-state index contributed by atoms with van der Waals surface area (Å²) in [6.07, 6.45) is 0. The average Bonchev–Trinajstić information content (AvgIpc) is 3.71. The monoisotopic (exact) mass is 635 g/mol. The number of fused-ring (bicyclic) bond motifs is 11. The first-order valence-corrected chi connectivity index (χ1v) is 17.1. The van der Waals surface area contributed by atoms with E-state index in [0.29, 0.717) is 0 Å². The van der Waals surface area contributed by atoms with Gasteiger partial charge in [-0.3, -0.25) is 4.57 Å². The van der Waals surface area contributed by atoms with E-state index in [9.17, 15) is 0 Å². The van der Waals surface area contributed by atoms with Gasteiger partial charge in [0.1, 0.15) is 5.82 Å². The highest BCUT2D eigenvalue weighted by molar-refractivity contribution is 6.25. The molecule has 0 aliphatic rings. The van der Waals surface area contributed by atoms with Crippen LogP contribution >= 0.6 is 0 Å². The molecule has 0 saturated heterocycles. The summed E-state index contributed by atoms with van der Waals surface area (Å²) in [5.41, 5.74) is 7.81. The Morgan fingerprint density at radius 1 is 0.320 bits per heavy atom. The molecule has 9 aromatic carbocycles. The summed E-state index contributed by atoms with van der Waals surface area (Å²) in [5.74, 6) is 0.942. The van der Waals surface area contributed by atoms with Gasteiger partial charge in [0.25, 0.3) is 0 Å². The van der Waals surface area contributed by atoms with Crippen molar-refractivity contribution in [1.29, 1.82) is 0 Å². The Kier molecular flexibility index (Phi) is 5.67. The number of imidazole rings is 1. The molecular weight excluding hydrogens is 607 g/mol. The van der Waals surface area contributed by atoms with Crippen molar-refractivity contribution in [2.45, 2.75) is 0 Å². The Morgan fingerprint density at radius 2 is 0.880 bits per heavy atom. The third kappa shape index (κ3) is 3.89. The van der Waals surface area contributed by atoms with E-state index in [1.54, 1.807) is 0 Å². The van der Waals surface area contributed by atoms with E-state index < -0.39 is 0 Å². The summed E-state index contributed by atoms with van der Waals surface area (Å²) in [7, 11) is 0. The van der Waals surface area contributed by atoms with E-state index in [0.717, 1.165) is 33.8 Å². The summed E-state index contributed by atoms with van der Waals surface area (Å²) in [6.45, 7) is 0. The van der Waals surface area contributed by atoms with Crippen molar-refractivity contribution in [2.24, 2.45) is 0 Å². The highest BCUT2D eigenvalue weighted by Crippen LogP contribution is 2.40. The van der Waals surface area contributed by atoms with Gasteiger partial charge in [0.15, 0.2) is 0 Å². The lowest BCUT2D eigenvalue weighted by Crippen LogP contribution is -1.97. The van der Waals surface area contributed by atoms with Crippen LogP contribution in [0.2, 0.25) is 0 Å². The van der Waals surface area contributed by atoms with E-state index in [4.69, 9.17) is 4.98 Å². The molecule has 232 valence electrons. The smallest absolute Gasteiger partial charge is 0.145 e. The topological polar surface area (TPSA) is 22.8 Å². The molecule has 0 aliphatic heterocycles. The molecule has 0 N–H and O–H groups in total. The second kappa shape index (κ2) is 10.4. The Hall–Kier alpha value is -6.71. The lowest BCUT2D eigenvalue weighted by atomic mass is 9.94. The van der Waals surface area contributed by atoms with Crippen LogP contribution in [0.25, 0.3) is 98.7 Å². The summed E-state index contributed by atoms with van der Waals surface area (Å²) in [5, 5.41) is 12.5. The van der Waals surface area contributed by atoms with Crippen molar-refractivity contribution in [1.82, 2.24) is 14.1 Å². The third-order valence-corrected chi connectivity index (χ3v) is 10.4. The van der Waals surface area contributed by atoms with Crippen molar-refractivity contribution in [2.75, 3.05) is 0 Å². The van der Waals surface area contributed by atoms with Crippen molar-refractivity contribution < 1.29 is 0 Å². The van der Waals surface area contributed by atoms with Gasteiger partial charge in [0.2, 0.25) is 0 Å². The quantitative estimate of drug-likeness (QED) is 0.177. The Balaban J connectivity index is 1.20. The van der Waals surface area contributed by atoms with Gasteiger partial charge in [-0.25, -0.2) is 4.98 Å². The molecule has 3 heteroatoms. The van der Waals surface area contributed by atoms with Crippen molar-refractivity contribution in [3.63, 3.8) is 0 Å². The summed E-state index contributed by atoms with van der Waals surface area (Å²) >= 11 is 0. The van der Waals surface area contributed by atoms with E-state index in [-0.39, 0.29) is 0 Å². The summed E-state index contributed by atoms with van der Waals surface area (Å²) < 4.78 is 4.73. The number of para-hydroxylation sites is 2. The highest BCUT2D eigenvalue weighted by atomic mass is 15.1. The molecule has 3 nitrogen and oxygen atoms in total.